The standard InChI is InChI=1S/C17H25F2NO2/c1-17(2,3)22-14-6-4-13(5-7-14)21-15-8-10-20(12-15)11-9-16(18)19/h4-7,15-16H,8-12H2,1-3H3/t15-/m0/s1. The molecule has 1 aliphatic rings. The zero-order valence-electron chi connectivity index (χ0n) is 13.5. The number of likely N-dealkylation sites (tertiary alicyclic amines) is 1. The fourth-order valence-corrected chi connectivity index (χ4v) is 2.51. The van der Waals surface area contributed by atoms with E-state index in [1.54, 1.807) is 0 Å². The molecule has 22 heavy (non-hydrogen) atoms. The van der Waals surface area contributed by atoms with Crippen molar-refractivity contribution in [2.24, 2.45) is 0 Å². The first-order valence-corrected chi connectivity index (χ1v) is 7.78. The van der Waals surface area contributed by atoms with Gasteiger partial charge in [-0.05, 0) is 51.5 Å². The van der Waals surface area contributed by atoms with Gasteiger partial charge in [-0.3, -0.25) is 4.90 Å². The molecule has 1 aromatic carbocycles. The van der Waals surface area contributed by atoms with Crippen molar-refractivity contribution in [3.63, 3.8) is 0 Å². The minimum Gasteiger partial charge on any atom is -0.489 e. The van der Waals surface area contributed by atoms with Crippen molar-refractivity contribution in [2.75, 3.05) is 19.6 Å². The van der Waals surface area contributed by atoms with Crippen molar-refractivity contribution in [3.05, 3.63) is 24.3 Å². The van der Waals surface area contributed by atoms with E-state index in [4.69, 9.17) is 9.47 Å². The molecule has 5 heteroatoms. The van der Waals surface area contributed by atoms with Gasteiger partial charge < -0.3 is 9.47 Å². The summed E-state index contributed by atoms with van der Waals surface area (Å²) in [4.78, 5) is 2.04. The van der Waals surface area contributed by atoms with Gasteiger partial charge in [0.2, 0.25) is 6.43 Å². The van der Waals surface area contributed by atoms with Gasteiger partial charge in [0.1, 0.15) is 23.2 Å². The zero-order chi connectivity index (χ0) is 16.2. The lowest BCUT2D eigenvalue weighted by atomic mass is 10.2. The highest BCUT2D eigenvalue weighted by Gasteiger charge is 2.24. The lowest BCUT2D eigenvalue weighted by molar-refractivity contribution is 0.117. The number of rotatable bonds is 6. The Morgan fingerprint density at radius 1 is 1.18 bits per heavy atom. The van der Waals surface area contributed by atoms with Crippen LogP contribution in [-0.2, 0) is 0 Å². The number of nitrogens with zero attached hydrogens (tertiary/aromatic N) is 1. The molecular formula is C17H25F2NO2. The monoisotopic (exact) mass is 313 g/mol. The molecule has 0 bridgehead atoms. The first-order valence-electron chi connectivity index (χ1n) is 7.78. The quantitative estimate of drug-likeness (QED) is 0.793. The normalized spacial score (nSPS) is 19.6. The molecule has 1 saturated heterocycles. The van der Waals surface area contributed by atoms with Gasteiger partial charge in [0, 0.05) is 26.1 Å². The Morgan fingerprint density at radius 3 is 2.41 bits per heavy atom. The van der Waals surface area contributed by atoms with Crippen LogP contribution in [0.5, 0.6) is 11.5 Å². The molecule has 1 aliphatic heterocycles. The van der Waals surface area contributed by atoms with Crippen LogP contribution >= 0.6 is 0 Å². The van der Waals surface area contributed by atoms with E-state index in [-0.39, 0.29) is 18.1 Å². The summed E-state index contributed by atoms with van der Waals surface area (Å²) >= 11 is 0. The minimum atomic E-state index is -2.23. The molecule has 1 aromatic rings. The van der Waals surface area contributed by atoms with Crippen LogP contribution in [0.1, 0.15) is 33.6 Å². The second kappa shape index (κ2) is 7.27. The molecule has 2 rings (SSSR count). The molecule has 0 amide bonds. The number of hydrogen-bond donors (Lipinski definition) is 0. The predicted molar refractivity (Wildman–Crippen MR) is 82.9 cm³/mol. The molecule has 3 nitrogen and oxygen atoms in total. The third kappa shape index (κ3) is 5.79. The van der Waals surface area contributed by atoms with Crippen LogP contribution in [0.25, 0.3) is 0 Å². The fraction of sp³-hybridized carbons (Fsp3) is 0.647. The smallest absolute Gasteiger partial charge is 0.239 e. The summed E-state index contributed by atoms with van der Waals surface area (Å²) in [6.45, 7) is 7.99. The van der Waals surface area contributed by atoms with E-state index in [1.165, 1.54) is 0 Å². The first-order chi connectivity index (χ1) is 10.3. The van der Waals surface area contributed by atoms with Crippen molar-refractivity contribution >= 4 is 0 Å². The van der Waals surface area contributed by atoms with Crippen molar-refractivity contribution in [3.8, 4) is 11.5 Å². The molecule has 0 spiro atoms. The Labute approximate surface area is 131 Å². The van der Waals surface area contributed by atoms with E-state index in [0.29, 0.717) is 13.1 Å². The van der Waals surface area contributed by atoms with Gasteiger partial charge >= 0.3 is 0 Å². The number of halogens is 2. The summed E-state index contributed by atoms with van der Waals surface area (Å²) in [5.74, 6) is 1.60. The van der Waals surface area contributed by atoms with Crippen LogP contribution in [0.2, 0.25) is 0 Å². The SMILES string of the molecule is CC(C)(C)Oc1ccc(O[C@H]2CCN(CCC(F)F)C2)cc1. The predicted octanol–water partition coefficient (Wildman–Crippen LogP) is 3.97. The maximum absolute atomic E-state index is 12.2. The minimum absolute atomic E-state index is 0.0639. The fourth-order valence-electron chi connectivity index (χ4n) is 2.51. The highest BCUT2D eigenvalue weighted by molar-refractivity contribution is 5.31. The number of alkyl halides is 2. The van der Waals surface area contributed by atoms with Crippen molar-refractivity contribution in [1.29, 1.82) is 0 Å². The summed E-state index contributed by atoms with van der Waals surface area (Å²) in [6.07, 6.45) is -1.34. The average molecular weight is 313 g/mol. The molecule has 0 aliphatic carbocycles. The van der Waals surface area contributed by atoms with Crippen LogP contribution in [0.15, 0.2) is 24.3 Å². The van der Waals surface area contributed by atoms with Crippen LogP contribution in [0.4, 0.5) is 8.78 Å². The van der Waals surface area contributed by atoms with E-state index in [0.717, 1.165) is 24.5 Å². The second-order valence-electron chi connectivity index (χ2n) is 6.69. The van der Waals surface area contributed by atoms with Crippen LogP contribution in [0.3, 0.4) is 0 Å². The number of ether oxygens (including phenoxy) is 2. The Hall–Kier alpha value is -1.36. The van der Waals surface area contributed by atoms with E-state index in [2.05, 4.69) is 0 Å². The Balaban J connectivity index is 1.79. The third-order valence-corrected chi connectivity index (χ3v) is 3.44. The lowest BCUT2D eigenvalue weighted by Crippen LogP contribution is -2.26. The number of hydrogen-bond acceptors (Lipinski definition) is 3. The lowest BCUT2D eigenvalue weighted by Gasteiger charge is -2.21. The van der Waals surface area contributed by atoms with Gasteiger partial charge in [0.25, 0.3) is 0 Å². The molecule has 1 atom stereocenters. The highest BCUT2D eigenvalue weighted by Crippen LogP contribution is 2.24. The van der Waals surface area contributed by atoms with E-state index < -0.39 is 6.43 Å². The molecule has 124 valence electrons. The molecule has 0 N–H and O–H groups in total. The maximum Gasteiger partial charge on any atom is 0.239 e. The van der Waals surface area contributed by atoms with Crippen molar-refractivity contribution in [1.82, 2.24) is 4.90 Å². The van der Waals surface area contributed by atoms with Crippen LogP contribution in [0, 0.1) is 0 Å². The van der Waals surface area contributed by atoms with Gasteiger partial charge in [-0.15, -0.1) is 0 Å². The topological polar surface area (TPSA) is 21.7 Å². The summed E-state index contributed by atoms with van der Waals surface area (Å²) in [7, 11) is 0. The molecule has 0 saturated carbocycles. The van der Waals surface area contributed by atoms with E-state index in [9.17, 15) is 8.78 Å². The Kier molecular flexibility index (Phi) is 5.62. The van der Waals surface area contributed by atoms with Crippen molar-refractivity contribution < 1.29 is 18.3 Å². The van der Waals surface area contributed by atoms with Gasteiger partial charge in [-0.2, -0.15) is 0 Å². The van der Waals surface area contributed by atoms with Gasteiger partial charge in [-0.25, -0.2) is 8.78 Å². The first kappa shape index (κ1) is 17.0. The Morgan fingerprint density at radius 2 is 1.82 bits per heavy atom. The largest absolute Gasteiger partial charge is 0.489 e. The molecular weight excluding hydrogens is 288 g/mol. The summed E-state index contributed by atoms with van der Waals surface area (Å²) in [5.41, 5.74) is -0.223. The Bertz CT molecular complexity index is 457. The van der Waals surface area contributed by atoms with Crippen LogP contribution in [-0.4, -0.2) is 42.7 Å². The highest BCUT2D eigenvalue weighted by atomic mass is 19.3. The molecule has 0 aromatic heterocycles. The third-order valence-electron chi connectivity index (χ3n) is 3.44. The van der Waals surface area contributed by atoms with Crippen LogP contribution < -0.4 is 9.47 Å². The van der Waals surface area contributed by atoms with Gasteiger partial charge in [0.05, 0.1) is 0 Å². The molecule has 1 fully saturated rings. The zero-order valence-corrected chi connectivity index (χ0v) is 13.5. The summed E-state index contributed by atoms with van der Waals surface area (Å²) in [5, 5.41) is 0. The summed E-state index contributed by atoms with van der Waals surface area (Å²) < 4.78 is 36.1. The van der Waals surface area contributed by atoms with E-state index in [1.807, 2.05) is 49.9 Å². The number of benzene rings is 1. The average Bonchev–Trinajstić information content (AvgIpc) is 2.85. The molecule has 0 unspecified atom stereocenters. The molecule has 0 radical (unpaired) electrons. The second-order valence-corrected chi connectivity index (χ2v) is 6.69. The van der Waals surface area contributed by atoms with Gasteiger partial charge in [0.15, 0.2) is 0 Å². The van der Waals surface area contributed by atoms with Crippen molar-refractivity contribution in [2.45, 2.75) is 51.7 Å². The maximum atomic E-state index is 12.2. The molecule has 1 heterocycles. The van der Waals surface area contributed by atoms with Gasteiger partial charge in [-0.1, -0.05) is 0 Å². The van der Waals surface area contributed by atoms with E-state index >= 15 is 0 Å². The summed E-state index contributed by atoms with van der Waals surface area (Å²) in [6, 6.07) is 7.57.